The van der Waals surface area contributed by atoms with Gasteiger partial charge in [-0.15, -0.1) is 0 Å². The molecule has 1 aliphatic rings. The number of benzene rings is 2. The quantitative estimate of drug-likeness (QED) is 0.201. The summed E-state index contributed by atoms with van der Waals surface area (Å²) in [6, 6.07) is 19.1. The second-order valence-electron chi connectivity index (χ2n) is 9.26. The van der Waals surface area contributed by atoms with Crippen molar-refractivity contribution in [3.05, 3.63) is 66.2 Å². The molecule has 0 radical (unpaired) electrons. The molecule has 0 bridgehead atoms. The van der Waals surface area contributed by atoms with Crippen LogP contribution in [0.1, 0.15) is 24.2 Å². The van der Waals surface area contributed by atoms with E-state index in [4.69, 9.17) is 9.47 Å². The Labute approximate surface area is 203 Å². The van der Waals surface area contributed by atoms with Gasteiger partial charge < -0.3 is 0 Å². The third-order valence-electron chi connectivity index (χ3n) is 6.02. The Hall–Kier alpha value is -2.21. The topological polar surface area (TPSA) is 69.7 Å². The molecular weight excluding hydrogens is 499 g/mol. The van der Waals surface area contributed by atoms with E-state index in [1.54, 1.807) is 38.1 Å². The molecule has 3 atom stereocenters. The molecule has 0 N–H and O–H groups in total. The summed E-state index contributed by atoms with van der Waals surface area (Å²) >= 11 is -0.0215. The summed E-state index contributed by atoms with van der Waals surface area (Å²) in [7, 11) is -1.93. The molecule has 2 aromatic rings. The van der Waals surface area contributed by atoms with Crippen LogP contribution in [0.25, 0.3) is 0 Å². The molecule has 2 aromatic carbocycles. The molecule has 3 rings (SSSR count). The van der Waals surface area contributed by atoms with E-state index in [1.807, 2.05) is 24.3 Å². The van der Waals surface area contributed by atoms with Crippen LogP contribution in [0.5, 0.6) is 0 Å². The molecule has 1 fully saturated rings. The van der Waals surface area contributed by atoms with Gasteiger partial charge in [0, 0.05) is 0 Å². The van der Waals surface area contributed by atoms with E-state index in [9.17, 15) is 14.4 Å². The van der Waals surface area contributed by atoms with Gasteiger partial charge in [0.1, 0.15) is 0 Å². The van der Waals surface area contributed by atoms with Gasteiger partial charge in [-0.3, -0.25) is 0 Å². The summed E-state index contributed by atoms with van der Waals surface area (Å²) in [4.78, 5) is 40.6. The van der Waals surface area contributed by atoms with E-state index in [0.717, 1.165) is 0 Å². The summed E-state index contributed by atoms with van der Waals surface area (Å²) in [6.45, 7) is 10.4. The minimum atomic E-state index is -1.93. The van der Waals surface area contributed by atoms with Crippen LogP contribution in [0.4, 0.5) is 0 Å². The van der Waals surface area contributed by atoms with Gasteiger partial charge in [-0.2, -0.15) is 0 Å². The fourth-order valence-electron chi connectivity index (χ4n) is 4.52. The Kier molecular flexibility index (Phi) is 7.99. The zero-order valence-electron chi connectivity index (χ0n) is 19.9. The Morgan fingerprint density at radius 2 is 1.36 bits per heavy atom. The first kappa shape index (κ1) is 25.4. The van der Waals surface area contributed by atoms with E-state index in [1.165, 1.54) is 4.46 Å². The number of ketones is 1. The first-order chi connectivity index (χ1) is 15.7. The fourth-order valence-corrected chi connectivity index (χ4v) is 11.7. The molecule has 0 aromatic heterocycles. The molecule has 0 amide bonds. The monoisotopic (exact) mass is 532 g/mol. The molecule has 0 aliphatic heterocycles. The van der Waals surface area contributed by atoms with Crippen molar-refractivity contribution < 1.29 is 23.9 Å². The molecular formula is C26H32O5SeSi. The van der Waals surface area contributed by atoms with Crippen molar-refractivity contribution >= 4 is 45.2 Å². The number of hydrogen-bond donors (Lipinski definition) is 0. The number of ether oxygens (including phenoxy) is 2. The van der Waals surface area contributed by atoms with Crippen molar-refractivity contribution in [3.8, 4) is 0 Å². The fraction of sp³-hybridized carbons (Fsp3) is 0.423. The average molecular weight is 532 g/mol. The minimum absolute atomic E-state index is 0.0215. The first-order valence-corrected chi connectivity index (χ1v) is 16.8. The van der Waals surface area contributed by atoms with Gasteiger partial charge in [0.2, 0.25) is 0 Å². The second-order valence-corrected chi connectivity index (χ2v) is 18.1. The summed E-state index contributed by atoms with van der Waals surface area (Å²) < 4.78 is 12.1. The molecule has 0 heterocycles. The Morgan fingerprint density at radius 3 is 1.82 bits per heavy atom. The Bertz CT molecular complexity index is 969. The second kappa shape index (κ2) is 10.4. The summed E-state index contributed by atoms with van der Waals surface area (Å²) in [6.07, 6.45) is 0. The molecule has 5 nitrogen and oxygen atoms in total. The van der Waals surface area contributed by atoms with Gasteiger partial charge in [-0.25, -0.2) is 0 Å². The number of esters is 2. The third-order valence-corrected chi connectivity index (χ3v) is 15.4. The maximum absolute atomic E-state index is 13.7. The molecule has 0 unspecified atom stereocenters. The molecule has 1 aliphatic carbocycles. The number of carbonyl (C=O) groups excluding carboxylic acids is 3. The number of hydrogen-bond acceptors (Lipinski definition) is 5. The molecule has 0 spiro atoms. The zero-order valence-corrected chi connectivity index (χ0v) is 22.6. The van der Waals surface area contributed by atoms with Crippen molar-refractivity contribution in [1.82, 2.24) is 0 Å². The van der Waals surface area contributed by atoms with Crippen molar-refractivity contribution in [3.63, 3.8) is 0 Å². The molecule has 176 valence electrons. The Balaban J connectivity index is 2.14. The summed E-state index contributed by atoms with van der Waals surface area (Å²) in [5, 5.41) is 0. The number of rotatable bonds is 10. The summed E-state index contributed by atoms with van der Waals surface area (Å²) in [5.41, 5.74) is -1.08. The van der Waals surface area contributed by atoms with E-state index in [-0.39, 0.29) is 38.4 Å². The van der Waals surface area contributed by atoms with Gasteiger partial charge in [-0.1, -0.05) is 0 Å². The van der Waals surface area contributed by atoms with Crippen LogP contribution in [0.15, 0.2) is 60.7 Å². The zero-order chi connectivity index (χ0) is 24.2. The van der Waals surface area contributed by atoms with Gasteiger partial charge in [0.25, 0.3) is 0 Å². The van der Waals surface area contributed by atoms with Crippen LogP contribution in [0, 0.1) is 17.3 Å². The first-order valence-electron chi connectivity index (χ1n) is 11.3. The standard InChI is InChI=1S/C26H32O5SeSi/c1-6-30-24(28)26(25(29)31-7-2)20(22(27)18-14-10-8-11-15-18)21(26)23(33(3,4)5)32-19-16-12-9-13-17-19/h8-17,20-21,23H,6-7H2,1-5H3/t20-,21+,23+/m1/s1. The van der Waals surface area contributed by atoms with E-state index in [0.29, 0.717) is 5.56 Å². The Morgan fingerprint density at radius 1 is 0.879 bits per heavy atom. The third kappa shape index (κ3) is 5.00. The van der Waals surface area contributed by atoms with Crippen molar-refractivity contribution in [2.75, 3.05) is 13.2 Å². The van der Waals surface area contributed by atoms with Crippen molar-refractivity contribution in [2.45, 2.75) is 37.9 Å². The van der Waals surface area contributed by atoms with Gasteiger partial charge >= 0.3 is 204 Å². The van der Waals surface area contributed by atoms with E-state index in [2.05, 4.69) is 31.8 Å². The number of carbonyl (C=O) groups is 3. The SMILES string of the molecule is CCOC(=O)C1(C(=O)OCC)[C@H]([C@@H]([Se]c2ccccc2)[Si](C)(C)C)[C@@H]1C(=O)c1ccccc1. The van der Waals surface area contributed by atoms with Crippen LogP contribution in [-0.2, 0) is 19.1 Å². The predicted molar refractivity (Wildman–Crippen MR) is 132 cm³/mol. The van der Waals surface area contributed by atoms with Gasteiger partial charge in [-0.05, 0) is 0 Å². The van der Waals surface area contributed by atoms with Crippen molar-refractivity contribution in [2.24, 2.45) is 17.3 Å². The van der Waals surface area contributed by atoms with Crippen molar-refractivity contribution in [1.29, 1.82) is 0 Å². The van der Waals surface area contributed by atoms with E-state index < -0.39 is 37.3 Å². The van der Waals surface area contributed by atoms with Crippen LogP contribution < -0.4 is 4.46 Å². The van der Waals surface area contributed by atoms with Gasteiger partial charge in [0.15, 0.2) is 0 Å². The summed E-state index contributed by atoms with van der Waals surface area (Å²) in [5.74, 6) is -2.66. The molecule has 0 saturated heterocycles. The maximum atomic E-state index is 13.7. The molecule has 7 heteroatoms. The van der Waals surface area contributed by atoms with E-state index >= 15 is 0 Å². The van der Waals surface area contributed by atoms with Crippen LogP contribution >= 0.6 is 0 Å². The van der Waals surface area contributed by atoms with Crippen LogP contribution in [0.2, 0.25) is 24.1 Å². The van der Waals surface area contributed by atoms with Crippen LogP contribution in [-0.4, -0.2) is 54.0 Å². The molecule has 33 heavy (non-hydrogen) atoms. The average Bonchev–Trinajstić information content (AvgIpc) is 3.48. The predicted octanol–water partition coefficient (Wildman–Crippen LogP) is 3.92. The van der Waals surface area contributed by atoms with Gasteiger partial charge in [0.05, 0.1) is 0 Å². The van der Waals surface area contributed by atoms with Crippen LogP contribution in [0.3, 0.4) is 0 Å². The molecule has 1 saturated carbocycles. The normalized spacial score (nSPS) is 19.9. The number of Topliss-reactive ketones (excluding diaryl/α,β-unsaturated/α-hetero) is 1.